The zero-order valence-corrected chi connectivity index (χ0v) is 22.4. The van der Waals surface area contributed by atoms with E-state index in [1.54, 1.807) is 26.8 Å². The Bertz CT molecular complexity index is 1090. The average Bonchev–Trinajstić information content (AvgIpc) is 3.01. The first kappa shape index (κ1) is 28.0. The molecule has 0 bridgehead atoms. The van der Waals surface area contributed by atoms with Gasteiger partial charge < -0.3 is 20.6 Å². The second-order valence-electron chi connectivity index (χ2n) is 11.7. The first-order valence-corrected chi connectivity index (χ1v) is 13.9. The molecule has 4 rings (SSSR count). The number of aliphatic carboxylic acids is 1. The summed E-state index contributed by atoms with van der Waals surface area (Å²) in [6.45, 7) is 6.46. The van der Waals surface area contributed by atoms with Crippen molar-refractivity contribution in [2.45, 2.75) is 76.8 Å². The smallest absolute Gasteiger partial charge is 0.327 e. The van der Waals surface area contributed by atoms with Gasteiger partial charge in [0.15, 0.2) is 17.2 Å². The van der Waals surface area contributed by atoms with Crippen LogP contribution in [0.1, 0.15) is 53.4 Å². The first-order chi connectivity index (χ1) is 17.1. The van der Waals surface area contributed by atoms with E-state index in [1.807, 2.05) is 0 Å². The molecule has 0 aromatic rings. The van der Waals surface area contributed by atoms with Crippen molar-refractivity contribution in [1.82, 2.24) is 5.32 Å². The highest BCUT2D eigenvalue weighted by Gasteiger charge is 2.75. The Kier molecular flexibility index (Phi) is 7.04. The number of amides is 1. The van der Waals surface area contributed by atoms with Crippen LogP contribution < -0.4 is 5.32 Å². The number of ketones is 2. The molecular weight excluding hydrogens is 501 g/mol. The summed E-state index contributed by atoms with van der Waals surface area (Å²) in [6, 6.07) is -1.17. The van der Waals surface area contributed by atoms with Gasteiger partial charge in [-0.05, 0) is 56.6 Å². The van der Waals surface area contributed by atoms with Crippen LogP contribution in [-0.4, -0.2) is 73.7 Å². The molecule has 4 aliphatic rings. The molecule has 0 aromatic heterocycles. The van der Waals surface area contributed by atoms with Gasteiger partial charge >= 0.3 is 5.97 Å². The van der Waals surface area contributed by atoms with Crippen LogP contribution in [0.3, 0.4) is 0 Å². The third kappa shape index (κ3) is 3.93. The van der Waals surface area contributed by atoms with E-state index in [-0.39, 0.29) is 29.6 Å². The Morgan fingerprint density at radius 3 is 2.57 bits per heavy atom. The number of rotatable bonds is 7. The quantitative estimate of drug-likeness (QED) is 0.388. The van der Waals surface area contributed by atoms with Gasteiger partial charge in [-0.1, -0.05) is 25.5 Å². The Balaban J connectivity index is 1.59. The fourth-order valence-corrected chi connectivity index (χ4v) is 8.92. The number of halogens is 1. The van der Waals surface area contributed by atoms with Crippen molar-refractivity contribution in [1.29, 1.82) is 0 Å². The second kappa shape index (κ2) is 9.31. The molecule has 0 aliphatic heterocycles. The fourth-order valence-electron chi connectivity index (χ4n) is 7.94. The van der Waals surface area contributed by atoms with Crippen LogP contribution in [0.5, 0.6) is 0 Å². The number of carboxylic acids is 1. The molecule has 9 atom stereocenters. The summed E-state index contributed by atoms with van der Waals surface area (Å²) in [5.74, 6) is -4.11. The number of alkyl halides is 1. The van der Waals surface area contributed by atoms with E-state index in [0.717, 1.165) is 11.8 Å². The first-order valence-electron chi connectivity index (χ1n) is 12.8. The summed E-state index contributed by atoms with van der Waals surface area (Å²) in [6.07, 6.45) is 4.13. The van der Waals surface area contributed by atoms with Crippen LogP contribution in [-0.2, 0) is 19.2 Å². The minimum atomic E-state index is -2.05. The molecule has 3 saturated carbocycles. The molecule has 204 valence electrons. The normalized spacial score (nSPS) is 43.2. The highest BCUT2D eigenvalue weighted by Crippen LogP contribution is 2.70. The predicted molar refractivity (Wildman–Crippen MR) is 135 cm³/mol. The maximum atomic E-state index is 17.2. The SMILES string of the molecule is CC(=O)N[C@@H](CSCC(=O)[C@@]1(O)[C@H](C)C[C@H]2[C@@H]3CCC4=CC(=O)C=C[C@]4(C)[C@@]3(F)[C@@H](O)C[C@@]21C)C(=O)O. The Morgan fingerprint density at radius 2 is 1.95 bits per heavy atom. The highest BCUT2D eigenvalue weighted by atomic mass is 32.2. The van der Waals surface area contributed by atoms with E-state index in [9.17, 15) is 34.5 Å². The molecule has 0 saturated heterocycles. The van der Waals surface area contributed by atoms with Crippen molar-refractivity contribution in [2.75, 3.05) is 11.5 Å². The Labute approximate surface area is 220 Å². The monoisotopic (exact) mass is 537 g/mol. The van der Waals surface area contributed by atoms with E-state index in [1.165, 1.54) is 19.1 Å². The van der Waals surface area contributed by atoms with Gasteiger partial charge in [-0.15, -0.1) is 0 Å². The van der Waals surface area contributed by atoms with Crippen LogP contribution in [0, 0.1) is 28.6 Å². The number of thioether (sulfide) groups is 1. The van der Waals surface area contributed by atoms with Crippen molar-refractivity contribution < 1.29 is 38.9 Å². The molecule has 0 aromatic carbocycles. The van der Waals surface area contributed by atoms with Gasteiger partial charge in [0, 0.05) is 29.4 Å². The van der Waals surface area contributed by atoms with Crippen LogP contribution >= 0.6 is 11.8 Å². The minimum absolute atomic E-state index is 0.0530. The number of hydrogen-bond acceptors (Lipinski definition) is 7. The molecule has 3 fully saturated rings. The van der Waals surface area contributed by atoms with Crippen molar-refractivity contribution in [2.24, 2.45) is 28.6 Å². The average molecular weight is 538 g/mol. The summed E-state index contributed by atoms with van der Waals surface area (Å²) < 4.78 is 17.2. The van der Waals surface area contributed by atoms with Crippen molar-refractivity contribution in [3.63, 3.8) is 0 Å². The fraction of sp³-hybridized carbons (Fsp3) is 0.704. The number of fused-ring (bicyclic) bond motifs is 5. The lowest BCUT2D eigenvalue weighted by molar-refractivity contribution is -0.218. The molecule has 10 heteroatoms. The maximum absolute atomic E-state index is 17.2. The molecular formula is C27H36FNO7S. The molecule has 4 aliphatic carbocycles. The molecule has 0 spiro atoms. The number of carbonyl (C=O) groups is 4. The van der Waals surface area contributed by atoms with E-state index in [4.69, 9.17) is 0 Å². The number of aliphatic hydroxyl groups excluding tert-OH is 1. The molecule has 0 radical (unpaired) electrons. The number of nitrogens with one attached hydrogen (secondary N) is 1. The van der Waals surface area contributed by atoms with Gasteiger partial charge in [0.05, 0.1) is 11.9 Å². The molecule has 8 nitrogen and oxygen atoms in total. The molecule has 1 amide bonds. The Hall–Kier alpha value is -2.04. The Morgan fingerprint density at radius 1 is 1.27 bits per heavy atom. The summed E-state index contributed by atoms with van der Waals surface area (Å²) in [5, 5.41) is 35.0. The topological polar surface area (TPSA) is 141 Å². The van der Waals surface area contributed by atoms with Gasteiger partial charge in [0.25, 0.3) is 0 Å². The van der Waals surface area contributed by atoms with Gasteiger partial charge in [-0.2, -0.15) is 11.8 Å². The lowest BCUT2D eigenvalue weighted by atomic mass is 9.44. The highest BCUT2D eigenvalue weighted by molar-refractivity contribution is 8.00. The lowest BCUT2D eigenvalue weighted by Gasteiger charge is -2.62. The van der Waals surface area contributed by atoms with E-state index in [2.05, 4.69) is 5.32 Å². The number of allylic oxidation sites excluding steroid dienone is 4. The summed E-state index contributed by atoms with van der Waals surface area (Å²) in [5.41, 5.74) is -5.44. The third-order valence-electron chi connectivity index (χ3n) is 9.84. The number of Topliss-reactive ketones (excluding diaryl/α,β-unsaturated/α-hetero) is 1. The summed E-state index contributed by atoms with van der Waals surface area (Å²) >= 11 is 1.01. The van der Waals surface area contributed by atoms with Gasteiger partial charge in [-0.3, -0.25) is 14.4 Å². The maximum Gasteiger partial charge on any atom is 0.327 e. The van der Waals surface area contributed by atoms with Gasteiger partial charge in [0.2, 0.25) is 5.91 Å². The second-order valence-corrected chi connectivity index (χ2v) is 12.7. The molecule has 4 N–H and O–H groups in total. The van der Waals surface area contributed by atoms with Crippen LogP contribution in [0.25, 0.3) is 0 Å². The van der Waals surface area contributed by atoms with Crippen LogP contribution in [0.2, 0.25) is 0 Å². The largest absolute Gasteiger partial charge is 0.480 e. The number of hydrogen-bond donors (Lipinski definition) is 4. The number of aliphatic hydroxyl groups is 2. The number of carboxylic acid groups (broad SMARTS) is 1. The van der Waals surface area contributed by atoms with Gasteiger partial charge in [0.1, 0.15) is 11.6 Å². The van der Waals surface area contributed by atoms with Crippen LogP contribution in [0.15, 0.2) is 23.8 Å². The standard InChI is InChI=1S/C27H36FNO7S/c1-14-9-19-18-6-5-16-10-17(31)7-8-24(16,3)26(18,28)21(32)11-25(19,4)27(14,36)22(33)13-37-12-20(23(34)35)29-15(2)30/h7-8,10,14,18-21,32,36H,5-6,9,11-13H2,1-4H3,(H,29,30)(H,34,35)/t14-,18+,19+,20+,21+,24+,25+,26+,27+/m1/s1. The molecule has 0 heterocycles. The molecule has 0 unspecified atom stereocenters. The lowest BCUT2D eigenvalue weighted by Crippen LogP contribution is -2.69. The van der Waals surface area contributed by atoms with Crippen molar-refractivity contribution >= 4 is 35.2 Å². The zero-order chi connectivity index (χ0) is 27.6. The van der Waals surface area contributed by atoms with E-state index in [0.29, 0.717) is 24.8 Å². The van der Waals surface area contributed by atoms with Crippen molar-refractivity contribution in [3.8, 4) is 0 Å². The molecule has 37 heavy (non-hydrogen) atoms. The third-order valence-corrected chi connectivity index (χ3v) is 10.9. The summed E-state index contributed by atoms with van der Waals surface area (Å²) in [4.78, 5) is 48.2. The predicted octanol–water partition coefficient (Wildman–Crippen LogP) is 2.23. The van der Waals surface area contributed by atoms with Crippen LogP contribution in [0.4, 0.5) is 4.39 Å². The van der Waals surface area contributed by atoms with Gasteiger partial charge in [-0.25, -0.2) is 9.18 Å². The minimum Gasteiger partial charge on any atom is -0.480 e. The van der Waals surface area contributed by atoms with E-state index >= 15 is 4.39 Å². The zero-order valence-electron chi connectivity index (χ0n) is 21.6. The summed E-state index contributed by atoms with van der Waals surface area (Å²) in [7, 11) is 0. The van der Waals surface area contributed by atoms with Crippen molar-refractivity contribution in [3.05, 3.63) is 23.8 Å². The van der Waals surface area contributed by atoms with E-state index < -0.39 is 63.7 Å². The number of carbonyl (C=O) groups excluding carboxylic acids is 3.